The van der Waals surface area contributed by atoms with Gasteiger partial charge in [0.15, 0.2) is 0 Å². The molecule has 17 heavy (non-hydrogen) atoms. The Bertz CT molecular complexity index is 336. The van der Waals surface area contributed by atoms with Gasteiger partial charge in [0, 0.05) is 24.4 Å². The molecule has 0 aromatic carbocycles. The van der Waals surface area contributed by atoms with E-state index < -0.39 is 0 Å². The zero-order valence-electron chi connectivity index (χ0n) is 11.3. The summed E-state index contributed by atoms with van der Waals surface area (Å²) in [6, 6.07) is 0. The molecule has 3 nitrogen and oxygen atoms in total. The minimum atomic E-state index is -0.245. The first-order valence-electron chi connectivity index (χ1n) is 6.41. The molecular weight excluding hydrogens is 232 g/mol. The number of hydrogen-bond donors (Lipinski definition) is 1. The van der Waals surface area contributed by atoms with Crippen LogP contribution in [-0.2, 0) is 10.3 Å². The van der Waals surface area contributed by atoms with Gasteiger partial charge in [0.05, 0.1) is 5.69 Å². The van der Waals surface area contributed by atoms with E-state index in [1.54, 1.807) is 11.3 Å². The number of ether oxygens (including phenoxy) is 1. The Balaban J connectivity index is 2.92. The summed E-state index contributed by atoms with van der Waals surface area (Å²) in [7, 11) is 0. The third kappa shape index (κ3) is 3.27. The van der Waals surface area contributed by atoms with E-state index in [2.05, 4.69) is 26.2 Å². The van der Waals surface area contributed by atoms with Crippen LogP contribution in [0.1, 0.15) is 57.2 Å². The summed E-state index contributed by atoms with van der Waals surface area (Å²) < 4.78 is 5.84. The molecule has 0 bridgehead atoms. The van der Waals surface area contributed by atoms with Crippen molar-refractivity contribution in [2.45, 2.75) is 52.1 Å². The maximum atomic E-state index is 5.84. The molecule has 0 fully saturated rings. The summed E-state index contributed by atoms with van der Waals surface area (Å²) in [6.45, 7) is 9.80. The highest BCUT2D eigenvalue weighted by molar-refractivity contribution is 7.09. The smallest absolute Gasteiger partial charge is 0.125 e. The standard InChI is InChI=1S/C13H24N2OS/c1-5-10(8-14)11-9-17-12(15-11)13(4,6-2)16-7-3/h9-10H,5-8,14H2,1-4H3. The predicted octanol–water partition coefficient (Wildman–Crippen LogP) is 3.26. The molecule has 1 heterocycles. The third-order valence-corrected chi connectivity index (χ3v) is 4.41. The van der Waals surface area contributed by atoms with Crippen molar-refractivity contribution in [1.29, 1.82) is 0 Å². The van der Waals surface area contributed by atoms with Gasteiger partial charge in [-0.2, -0.15) is 0 Å². The Labute approximate surface area is 108 Å². The Hall–Kier alpha value is -0.450. The number of thiazole rings is 1. The van der Waals surface area contributed by atoms with Crippen molar-refractivity contribution < 1.29 is 4.74 Å². The summed E-state index contributed by atoms with van der Waals surface area (Å²) in [5.74, 6) is 0.378. The van der Waals surface area contributed by atoms with Crippen LogP contribution in [0.25, 0.3) is 0 Å². The van der Waals surface area contributed by atoms with Crippen LogP contribution in [0.2, 0.25) is 0 Å². The maximum absolute atomic E-state index is 5.84. The molecule has 1 aromatic heterocycles. The second kappa shape index (κ2) is 6.47. The van der Waals surface area contributed by atoms with E-state index in [0.29, 0.717) is 19.1 Å². The second-order valence-electron chi connectivity index (χ2n) is 4.44. The van der Waals surface area contributed by atoms with Gasteiger partial charge in [-0.15, -0.1) is 11.3 Å². The molecule has 0 saturated heterocycles. The quantitative estimate of drug-likeness (QED) is 0.814. The second-order valence-corrected chi connectivity index (χ2v) is 5.29. The average molecular weight is 256 g/mol. The fraction of sp³-hybridized carbons (Fsp3) is 0.769. The summed E-state index contributed by atoms with van der Waals surface area (Å²) in [5.41, 5.74) is 6.63. The van der Waals surface area contributed by atoms with Gasteiger partial charge in [0.1, 0.15) is 10.6 Å². The van der Waals surface area contributed by atoms with Crippen molar-refractivity contribution in [1.82, 2.24) is 4.98 Å². The molecule has 0 aliphatic heterocycles. The average Bonchev–Trinajstić information content (AvgIpc) is 2.81. The zero-order valence-corrected chi connectivity index (χ0v) is 12.1. The van der Waals surface area contributed by atoms with Crippen LogP contribution in [0.3, 0.4) is 0 Å². The van der Waals surface area contributed by atoms with E-state index in [4.69, 9.17) is 15.5 Å². The van der Waals surface area contributed by atoms with E-state index >= 15 is 0 Å². The number of hydrogen-bond acceptors (Lipinski definition) is 4. The SMILES string of the molecule is CCOC(C)(CC)c1nc(C(CC)CN)cs1. The summed E-state index contributed by atoms with van der Waals surface area (Å²) in [6.07, 6.45) is 1.98. The highest BCUT2D eigenvalue weighted by Crippen LogP contribution is 2.33. The number of rotatable bonds is 7. The lowest BCUT2D eigenvalue weighted by Gasteiger charge is -2.25. The van der Waals surface area contributed by atoms with E-state index in [1.807, 2.05) is 6.92 Å². The molecule has 1 rings (SSSR count). The van der Waals surface area contributed by atoms with Gasteiger partial charge < -0.3 is 10.5 Å². The van der Waals surface area contributed by atoms with Crippen molar-refractivity contribution in [2.75, 3.05) is 13.2 Å². The van der Waals surface area contributed by atoms with Gasteiger partial charge in [-0.05, 0) is 26.7 Å². The van der Waals surface area contributed by atoms with E-state index in [1.165, 1.54) is 0 Å². The van der Waals surface area contributed by atoms with Crippen LogP contribution in [-0.4, -0.2) is 18.1 Å². The lowest BCUT2D eigenvalue weighted by molar-refractivity contribution is -0.0325. The molecule has 0 amide bonds. The Kier molecular flexibility index (Phi) is 5.56. The normalized spacial score (nSPS) is 16.8. The highest BCUT2D eigenvalue weighted by atomic mass is 32.1. The fourth-order valence-corrected chi connectivity index (χ4v) is 2.93. The first-order chi connectivity index (χ1) is 8.11. The van der Waals surface area contributed by atoms with Gasteiger partial charge >= 0.3 is 0 Å². The minimum absolute atomic E-state index is 0.245. The molecule has 2 unspecified atom stereocenters. The molecule has 0 radical (unpaired) electrons. The molecule has 0 aliphatic rings. The summed E-state index contributed by atoms with van der Waals surface area (Å²) >= 11 is 1.69. The van der Waals surface area contributed by atoms with Gasteiger partial charge in [0.25, 0.3) is 0 Å². The van der Waals surface area contributed by atoms with Gasteiger partial charge in [-0.3, -0.25) is 0 Å². The van der Waals surface area contributed by atoms with Crippen LogP contribution in [0.4, 0.5) is 0 Å². The van der Waals surface area contributed by atoms with Crippen LogP contribution in [0, 0.1) is 0 Å². The molecule has 1 aromatic rings. The van der Waals surface area contributed by atoms with Crippen LogP contribution < -0.4 is 5.73 Å². The van der Waals surface area contributed by atoms with Gasteiger partial charge in [-0.1, -0.05) is 13.8 Å². The molecule has 2 atom stereocenters. The lowest BCUT2D eigenvalue weighted by atomic mass is 10.0. The van der Waals surface area contributed by atoms with Crippen LogP contribution >= 0.6 is 11.3 Å². The molecule has 4 heteroatoms. The van der Waals surface area contributed by atoms with Crippen molar-refractivity contribution in [3.63, 3.8) is 0 Å². The molecule has 0 aliphatic carbocycles. The fourth-order valence-electron chi connectivity index (χ4n) is 1.85. The topological polar surface area (TPSA) is 48.1 Å². The van der Waals surface area contributed by atoms with E-state index in [9.17, 15) is 0 Å². The predicted molar refractivity (Wildman–Crippen MR) is 73.5 cm³/mol. The van der Waals surface area contributed by atoms with E-state index in [0.717, 1.165) is 23.5 Å². The minimum Gasteiger partial charge on any atom is -0.368 e. The zero-order chi connectivity index (χ0) is 12.9. The van der Waals surface area contributed by atoms with Crippen molar-refractivity contribution >= 4 is 11.3 Å². The monoisotopic (exact) mass is 256 g/mol. The largest absolute Gasteiger partial charge is 0.368 e. The molecule has 0 spiro atoms. The molecule has 98 valence electrons. The molecule has 2 N–H and O–H groups in total. The number of nitrogens with two attached hydrogens (primary N) is 1. The Morgan fingerprint density at radius 3 is 2.65 bits per heavy atom. The molecule has 0 saturated carbocycles. The molecular formula is C13H24N2OS. The first kappa shape index (κ1) is 14.6. The number of nitrogens with zero attached hydrogens (tertiary/aromatic N) is 1. The Morgan fingerprint density at radius 2 is 2.18 bits per heavy atom. The van der Waals surface area contributed by atoms with Crippen molar-refractivity contribution in [2.24, 2.45) is 5.73 Å². The van der Waals surface area contributed by atoms with Gasteiger partial charge in [-0.25, -0.2) is 4.98 Å². The van der Waals surface area contributed by atoms with Crippen molar-refractivity contribution in [3.8, 4) is 0 Å². The third-order valence-electron chi connectivity index (χ3n) is 3.31. The maximum Gasteiger partial charge on any atom is 0.125 e. The lowest BCUT2D eigenvalue weighted by Crippen LogP contribution is -2.25. The van der Waals surface area contributed by atoms with Crippen molar-refractivity contribution in [3.05, 3.63) is 16.1 Å². The van der Waals surface area contributed by atoms with Gasteiger partial charge in [0.2, 0.25) is 0 Å². The number of aromatic nitrogens is 1. The van der Waals surface area contributed by atoms with Crippen LogP contribution in [0.15, 0.2) is 5.38 Å². The first-order valence-corrected chi connectivity index (χ1v) is 7.29. The summed E-state index contributed by atoms with van der Waals surface area (Å²) in [5, 5.41) is 3.20. The Morgan fingerprint density at radius 1 is 1.47 bits per heavy atom. The summed E-state index contributed by atoms with van der Waals surface area (Å²) in [4.78, 5) is 4.73. The van der Waals surface area contributed by atoms with E-state index in [-0.39, 0.29) is 5.60 Å². The van der Waals surface area contributed by atoms with Crippen LogP contribution in [0.5, 0.6) is 0 Å². The highest BCUT2D eigenvalue weighted by Gasteiger charge is 2.29.